The third kappa shape index (κ3) is 6.13. The summed E-state index contributed by atoms with van der Waals surface area (Å²) in [5.74, 6) is -5.26. The van der Waals surface area contributed by atoms with Crippen LogP contribution in [0.2, 0.25) is 0 Å². The maximum absolute atomic E-state index is 14.0. The molecule has 0 radical (unpaired) electrons. The highest BCUT2D eigenvalue weighted by atomic mass is 32.1. The van der Waals surface area contributed by atoms with Gasteiger partial charge in [-0.1, -0.05) is 0 Å². The van der Waals surface area contributed by atoms with E-state index in [2.05, 4.69) is 15.3 Å². The van der Waals surface area contributed by atoms with Crippen molar-refractivity contribution in [2.75, 3.05) is 18.4 Å². The molecule has 37 heavy (non-hydrogen) atoms. The summed E-state index contributed by atoms with van der Waals surface area (Å²) in [5.41, 5.74) is -1.58. The van der Waals surface area contributed by atoms with Crippen LogP contribution in [0, 0.1) is 0 Å². The number of pyridine rings is 1. The van der Waals surface area contributed by atoms with Gasteiger partial charge >= 0.3 is 6.18 Å². The summed E-state index contributed by atoms with van der Waals surface area (Å²) < 4.78 is 93.5. The molecule has 2 amide bonds. The Morgan fingerprint density at radius 2 is 1.97 bits per heavy atom. The highest BCUT2D eigenvalue weighted by Crippen LogP contribution is 2.40. The highest BCUT2D eigenvalue weighted by molar-refractivity contribution is 7.17. The number of anilines is 1. The minimum Gasteiger partial charge on any atom is -0.361 e. The van der Waals surface area contributed by atoms with Crippen molar-refractivity contribution in [1.82, 2.24) is 20.2 Å². The number of thiazole rings is 1. The Morgan fingerprint density at radius 3 is 2.51 bits per heavy atom. The molecule has 7 nitrogen and oxygen atoms in total. The van der Waals surface area contributed by atoms with Crippen LogP contribution in [0.4, 0.5) is 36.6 Å². The molecule has 0 bridgehead atoms. The molecule has 1 saturated carbocycles. The lowest BCUT2D eigenvalue weighted by Crippen LogP contribution is -2.39. The Bertz CT molecular complexity index is 1180. The Kier molecular flexibility index (Phi) is 7.36. The first-order valence-corrected chi connectivity index (χ1v) is 12.2. The van der Waals surface area contributed by atoms with Crippen molar-refractivity contribution in [2.45, 2.75) is 63.2 Å². The zero-order valence-corrected chi connectivity index (χ0v) is 20.2. The monoisotopic (exact) mass is 553 g/mol. The average Bonchev–Trinajstić information content (AvgIpc) is 3.33. The number of carbonyl (C=O) groups excluding carboxylic acids is 2. The molecule has 2 N–H and O–H groups in total. The van der Waals surface area contributed by atoms with Crippen molar-refractivity contribution in [3.05, 3.63) is 28.5 Å². The first kappa shape index (κ1) is 27.1. The molecule has 2 aromatic rings. The van der Waals surface area contributed by atoms with E-state index in [4.69, 9.17) is 0 Å². The number of hydrogen-bond donors (Lipinski definition) is 2. The van der Waals surface area contributed by atoms with Gasteiger partial charge in [-0.25, -0.2) is 27.5 Å². The summed E-state index contributed by atoms with van der Waals surface area (Å²) in [5, 5.41) is 4.39. The van der Waals surface area contributed by atoms with Crippen LogP contribution in [-0.2, 0) is 0 Å². The Labute approximate surface area is 210 Å². The van der Waals surface area contributed by atoms with Gasteiger partial charge in [-0.3, -0.25) is 9.59 Å². The maximum Gasteiger partial charge on any atom is 0.405 e. The standard InChI is InChI=1S/C22H22F7N5O2S/c1-10-6-21(25,26)9-34(10)20(36)15-16(37-19(33-15)18(35)32-11-3-2-4-11)13-7-30-14(5-12(13)17(23)24)31-8-22(27,28)29/h5,7,10-11,17H,2-4,6,8-9H2,1H3,(H,30,31)(H,32,35). The Morgan fingerprint density at radius 1 is 1.27 bits per heavy atom. The second-order valence-electron chi connectivity index (χ2n) is 9.07. The van der Waals surface area contributed by atoms with Crippen LogP contribution in [0.25, 0.3) is 10.4 Å². The third-order valence-electron chi connectivity index (χ3n) is 6.14. The molecule has 1 unspecified atom stereocenters. The fraction of sp³-hybridized carbons (Fsp3) is 0.545. The fourth-order valence-corrected chi connectivity index (χ4v) is 5.09. The number of amides is 2. The SMILES string of the molecule is CC1CC(F)(F)CN1C(=O)c1nc(C(=O)NC2CCC2)sc1-c1cnc(NCC(F)(F)F)cc1C(F)F. The second-order valence-corrected chi connectivity index (χ2v) is 10.1. The van der Waals surface area contributed by atoms with Gasteiger partial charge in [-0.15, -0.1) is 11.3 Å². The predicted octanol–water partition coefficient (Wildman–Crippen LogP) is 5.27. The van der Waals surface area contributed by atoms with Gasteiger partial charge in [0.25, 0.3) is 24.2 Å². The van der Waals surface area contributed by atoms with E-state index < -0.39 is 73.0 Å². The number of nitrogens with one attached hydrogen (secondary N) is 2. The number of rotatable bonds is 7. The van der Waals surface area contributed by atoms with Crippen LogP contribution < -0.4 is 10.6 Å². The first-order chi connectivity index (χ1) is 17.2. The van der Waals surface area contributed by atoms with Gasteiger partial charge in [0.2, 0.25) is 0 Å². The number of nitrogens with zero attached hydrogens (tertiary/aromatic N) is 3. The van der Waals surface area contributed by atoms with Gasteiger partial charge in [0.05, 0.1) is 11.4 Å². The molecule has 1 saturated heterocycles. The molecule has 2 aromatic heterocycles. The molecule has 4 rings (SSSR count). The lowest BCUT2D eigenvalue weighted by molar-refractivity contribution is -0.115. The van der Waals surface area contributed by atoms with E-state index in [0.717, 1.165) is 30.4 Å². The molecule has 15 heteroatoms. The molecule has 0 spiro atoms. The highest BCUT2D eigenvalue weighted by Gasteiger charge is 2.46. The van der Waals surface area contributed by atoms with E-state index in [1.165, 1.54) is 6.92 Å². The van der Waals surface area contributed by atoms with Crippen LogP contribution >= 0.6 is 11.3 Å². The maximum atomic E-state index is 14.0. The van der Waals surface area contributed by atoms with Crippen molar-refractivity contribution in [3.8, 4) is 10.4 Å². The fourth-order valence-electron chi connectivity index (χ4n) is 4.09. The minimum atomic E-state index is -4.63. The lowest BCUT2D eigenvalue weighted by atomic mass is 9.93. The van der Waals surface area contributed by atoms with Gasteiger partial charge < -0.3 is 15.5 Å². The van der Waals surface area contributed by atoms with E-state index in [0.29, 0.717) is 17.4 Å². The van der Waals surface area contributed by atoms with Crippen LogP contribution in [0.5, 0.6) is 0 Å². The summed E-state index contributed by atoms with van der Waals surface area (Å²) in [6, 6.07) is -0.278. The number of aromatic nitrogens is 2. The number of halogens is 7. The summed E-state index contributed by atoms with van der Waals surface area (Å²) >= 11 is 0.609. The van der Waals surface area contributed by atoms with E-state index in [1.54, 1.807) is 0 Å². The molecule has 1 atom stereocenters. The molecular weight excluding hydrogens is 531 g/mol. The predicted molar refractivity (Wildman–Crippen MR) is 120 cm³/mol. The van der Waals surface area contributed by atoms with Crippen LogP contribution in [0.15, 0.2) is 12.3 Å². The second kappa shape index (κ2) is 10.1. The average molecular weight is 554 g/mol. The largest absolute Gasteiger partial charge is 0.405 e. The van der Waals surface area contributed by atoms with E-state index in [9.17, 15) is 40.3 Å². The molecule has 1 aliphatic heterocycles. The molecule has 3 heterocycles. The summed E-state index contributed by atoms with van der Waals surface area (Å²) in [6.45, 7) is -1.02. The number of alkyl halides is 7. The van der Waals surface area contributed by atoms with E-state index in [1.807, 2.05) is 5.32 Å². The summed E-state index contributed by atoms with van der Waals surface area (Å²) in [7, 11) is 0. The number of hydrogen-bond acceptors (Lipinski definition) is 6. The molecular formula is C22H22F7N5O2S. The van der Waals surface area contributed by atoms with Crippen molar-refractivity contribution in [1.29, 1.82) is 0 Å². The van der Waals surface area contributed by atoms with Crippen molar-refractivity contribution in [3.63, 3.8) is 0 Å². The lowest BCUT2D eigenvalue weighted by Gasteiger charge is -2.25. The number of carbonyl (C=O) groups is 2. The van der Waals surface area contributed by atoms with E-state index >= 15 is 0 Å². The smallest absolute Gasteiger partial charge is 0.361 e. The zero-order valence-electron chi connectivity index (χ0n) is 19.3. The van der Waals surface area contributed by atoms with Crippen LogP contribution in [-0.4, -0.2) is 64.0 Å². The minimum absolute atomic E-state index is 0.103. The van der Waals surface area contributed by atoms with Crippen LogP contribution in [0.3, 0.4) is 0 Å². The van der Waals surface area contributed by atoms with Crippen molar-refractivity contribution < 1.29 is 40.3 Å². The summed E-state index contributed by atoms with van der Waals surface area (Å²) in [4.78, 5) is 34.5. The van der Waals surface area contributed by atoms with Gasteiger partial charge in [0, 0.05) is 35.8 Å². The zero-order chi connectivity index (χ0) is 27.1. The Hall–Kier alpha value is -2.97. The number of likely N-dealkylation sites (tertiary alicyclic amines) is 1. The Balaban J connectivity index is 1.75. The van der Waals surface area contributed by atoms with Crippen molar-refractivity contribution in [2.24, 2.45) is 0 Å². The normalized spacial score (nSPS) is 19.7. The molecule has 1 aliphatic carbocycles. The molecule has 0 aromatic carbocycles. The first-order valence-electron chi connectivity index (χ1n) is 11.3. The van der Waals surface area contributed by atoms with Crippen molar-refractivity contribution >= 4 is 29.0 Å². The topological polar surface area (TPSA) is 87.2 Å². The van der Waals surface area contributed by atoms with Gasteiger partial charge in [-0.05, 0) is 32.3 Å². The van der Waals surface area contributed by atoms with Gasteiger partial charge in [-0.2, -0.15) is 13.2 Å². The van der Waals surface area contributed by atoms with Crippen LogP contribution in [0.1, 0.15) is 64.9 Å². The molecule has 2 aliphatic rings. The summed E-state index contributed by atoms with van der Waals surface area (Å²) in [6.07, 6.45) is -5.19. The van der Waals surface area contributed by atoms with Gasteiger partial charge in [0.15, 0.2) is 5.01 Å². The molecule has 202 valence electrons. The molecule has 2 fully saturated rings. The van der Waals surface area contributed by atoms with E-state index in [-0.39, 0.29) is 21.5 Å². The quantitative estimate of drug-likeness (QED) is 0.457. The van der Waals surface area contributed by atoms with Gasteiger partial charge in [0.1, 0.15) is 18.1 Å². The third-order valence-corrected chi connectivity index (χ3v) is 7.23.